The van der Waals surface area contributed by atoms with Crippen LogP contribution in [0.2, 0.25) is 0 Å². The number of hydrogen-bond donors (Lipinski definition) is 0. The predicted molar refractivity (Wildman–Crippen MR) is 74.0 cm³/mol. The molecule has 0 radical (unpaired) electrons. The Morgan fingerprint density at radius 3 is 2.50 bits per heavy atom. The zero-order valence-electron chi connectivity index (χ0n) is 9.96. The predicted octanol–water partition coefficient (Wildman–Crippen LogP) is 3.76. The van der Waals surface area contributed by atoms with Crippen LogP contribution in [0.1, 0.15) is 6.92 Å². The minimum Gasteiger partial charge on any atom is -0.476 e. The van der Waals surface area contributed by atoms with Crippen molar-refractivity contribution < 1.29 is 4.74 Å². The number of aromatic nitrogens is 2. The first kappa shape index (κ1) is 11.2. The normalized spacial score (nSPS) is 10.7. The molecule has 0 amide bonds. The van der Waals surface area contributed by atoms with E-state index < -0.39 is 0 Å². The van der Waals surface area contributed by atoms with Crippen molar-refractivity contribution in [2.45, 2.75) is 6.92 Å². The molecule has 3 rings (SSSR count). The molecule has 18 heavy (non-hydrogen) atoms. The van der Waals surface area contributed by atoms with Gasteiger partial charge >= 0.3 is 0 Å². The molecule has 0 fully saturated rings. The molecule has 0 saturated carbocycles. The Bertz CT molecular complexity index is 665. The molecule has 0 atom stereocenters. The Kier molecular flexibility index (Phi) is 2.94. The molecule has 0 N–H and O–H groups in total. The molecule has 0 saturated heterocycles. The van der Waals surface area contributed by atoms with E-state index in [0.29, 0.717) is 12.5 Å². The summed E-state index contributed by atoms with van der Waals surface area (Å²) in [7, 11) is 0. The largest absolute Gasteiger partial charge is 0.476 e. The Balaban J connectivity index is 2.24. The van der Waals surface area contributed by atoms with Crippen molar-refractivity contribution in [1.82, 2.24) is 9.97 Å². The first-order valence-corrected chi connectivity index (χ1v) is 6.70. The quantitative estimate of drug-likeness (QED) is 0.715. The molecule has 0 unspecified atom stereocenters. The van der Waals surface area contributed by atoms with Crippen LogP contribution in [0, 0.1) is 0 Å². The summed E-state index contributed by atoms with van der Waals surface area (Å²) < 4.78 is 5.60. The van der Waals surface area contributed by atoms with Crippen molar-refractivity contribution in [2.75, 3.05) is 6.61 Å². The van der Waals surface area contributed by atoms with E-state index in [0.717, 1.165) is 21.6 Å². The van der Waals surface area contributed by atoms with Crippen LogP contribution in [-0.2, 0) is 0 Å². The lowest BCUT2D eigenvalue weighted by Crippen LogP contribution is -1.99. The van der Waals surface area contributed by atoms with Gasteiger partial charge in [0.05, 0.1) is 22.5 Å². The number of fused-ring (bicyclic) bond motifs is 1. The van der Waals surface area contributed by atoms with E-state index >= 15 is 0 Å². The van der Waals surface area contributed by atoms with Crippen molar-refractivity contribution >= 4 is 22.4 Å². The fourth-order valence-electron chi connectivity index (χ4n) is 1.80. The zero-order valence-corrected chi connectivity index (χ0v) is 10.8. The van der Waals surface area contributed by atoms with Crippen LogP contribution in [0.4, 0.5) is 0 Å². The lowest BCUT2D eigenvalue weighted by atomic mass is 10.2. The first-order chi connectivity index (χ1) is 8.88. The third kappa shape index (κ3) is 1.95. The zero-order chi connectivity index (χ0) is 12.4. The summed E-state index contributed by atoms with van der Waals surface area (Å²) in [4.78, 5) is 10.3. The maximum absolute atomic E-state index is 5.60. The molecule has 0 spiro atoms. The van der Waals surface area contributed by atoms with Crippen LogP contribution in [0.15, 0.2) is 41.8 Å². The van der Waals surface area contributed by atoms with E-state index in [1.54, 1.807) is 11.3 Å². The molecule has 1 aromatic carbocycles. The second-order valence-corrected chi connectivity index (χ2v) is 4.72. The summed E-state index contributed by atoms with van der Waals surface area (Å²) in [6.07, 6.45) is 0. The van der Waals surface area contributed by atoms with Crippen molar-refractivity contribution in [3.63, 3.8) is 0 Å². The van der Waals surface area contributed by atoms with E-state index in [2.05, 4.69) is 9.97 Å². The number of rotatable bonds is 3. The van der Waals surface area contributed by atoms with Gasteiger partial charge in [-0.15, -0.1) is 11.3 Å². The number of hydrogen-bond acceptors (Lipinski definition) is 4. The van der Waals surface area contributed by atoms with Gasteiger partial charge in [-0.25, -0.2) is 9.97 Å². The molecule has 0 aliphatic carbocycles. The molecule has 3 aromatic rings. The van der Waals surface area contributed by atoms with Gasteiger partial charge in [0, 0.05) is 0 Å². The summed E-state index contributed by atoms with van der Waals surface area (Å²) in [6.45, 7) is 2.54. The maximum Gasteiger partial charge on any atom is 0.242 e. The topological polar surface area (TPSA) is 35.0 Å². The molecule has 4 heteroatoms. The molecule has 2 aromatic heterocycles. The number of para-hydroxylation sites is 2. The van der Waals surface area contributed by atoms with E-state index in [1.807, 2.05) is 48.7 Å². The Morgan fingerprint density at radius 1 is 1.06 bits per heavy atom. The lowest BCUT2D eigenvalue weighted by molar-refractivity contribution is 0.328. The highest BCUT2D eigenvalue weighted by Gasteiger charge is 2.12. The summed E-state index contributed by atoms with van der Waals surface area (Å²) in [5.41, 5.74) is 2.58. The van der Waals surface area contributed by atoms with Gasteiger partial charge in [0.25, 0.3) is 0 Å². The van der Waals surface area contributed by atoms with E-state index in [9.17, 15) is 0 Å². The average molecular weight is 256 g/mol. The second kappa shape index (κ2) is 4.74. The highest BCUT2D eigenvalue weighted by atomic mass is 32.1. The first-order valence-electron chi connectivity index (χ1n) is 5.82. The van der Waals surface area contributed by atoms with Gasteiger partial charge in [0.1, 0.15) is 5.69 Å². The van der Waals surface area contributed by atoms with Crippen LogP contribution in [0.3, 0.4) is 0 Å². The summed E-state index contributed by atoms with van der Waals surface area (Å²) in [5, 5.41) is 2.03. The number of thiophene rings is 1. The van der Waals surface area contributed by atoms with Gasteiger partial charge in [0.2, 0.25) is 5.88 Å². The molecule has 0 aliphatic heterocycles. The van der Waals surface area contributed by atoms with Crippen molar-refractivity contribution in [3.05, 3.63) is 41.8 Å². The molecular formula is C14H12N2OS. The summed E-state index contributed by atoms with van der Waals surface area (Å²) in [5.74, 6) is 0.610. The average Bonchev–Trinajstić information content (AvgIpc) is 2.92. The molecule has 2 heterocycles. The maximum atomic E-state index is 5.60. The van der Waals surface area contributed by atoms with Crippen LogP contribution < -0.4 is 4.74 Å². The highest BCUT2D eigenvalue weighted by molar-refractivity contribution is 7.13. The second-order valence-electron chi connectivity index (χ2n) is 3.78. The minimum absolute atomic E-state index is 0.589. The van der Waals surface area contributed by atoms with Gasteiger partial charge in [-0.2, -0.15) is 0 Å². The summed E-state index contributed by atoms with van der Waals surface area (Å²) >= 11 is 1.64. The Labute approximate surface area is 109 Å². The fraction of sp³-hybridized carbons (Fsp3) is 0.143. The molecule has 3 nitrogen and oxygen atoms in total. The molecule has 90 valence electrons. The number of nitrogens with zero attached hydrogens (tertiary/aromatic N) is 2. The smallest absolute Gasteiger partial charge is 0.242 e. The van der Waals surface area contributed by atoms with Gasteiger partial charge < -0.3 is 4.74 Å². The monoisotopic (exact) mass is 256 g/mol. The van der Waals surface area contributed by atoms with Crippen molar-refractivity contribution in [1.29, 1.82) is 0 Å². The fourth-order valence-corrected chi connectivity index (χ4v) is 2.50. The standard InChI is InChI=1S/C14H12N2OS/c1-2-17-14-13(12-8-5-9-18-12)15-10-6-3-4-7-11(10)16-14/h3-9H,2H2,1H3. The van der Waals surface area contributed by atoms with E-state index in [-0.39, 0.29) is 0 Å². The third-order valence-corrected chi connectivity index (χ3v) is 3.45. The summed E-state index contributed by atoms with van der Waals surface area (Å²) in [6, 6.07) is 11.9. The van der Waals surface area contributed by atoms with Crippen LogP contribution >= 0.6 is 11.3 Å². The number of benzene rings is 1. The highest BCUT2D eigenvalue weighted by Crippen LogP contribution is 2.31. The van der Waals surface area contributed by atoms with E-state index in [1.165, 1.54) is 0 Å². The van der Waals surface area contributed by atoms with Gasteiger partial charge in [0.15, 0.2) is 0 Å². The van der Waals surface area contributed by atoms with E-state index in [4.69, 9.17) is 4.74 Å². The van der Waals surface area contributed by atoms with Crippen molar-refractivity contribution in [2.24, 2.45) is 0 Å². The SMILES string of the molecule is CCOc1nc2ccccc2nc1-c1cccs1. The van der Waals surface area contributed by atoms with Crippen LogP contribution in [-0.4, -0.2) is 16.6 Å². The Hall–Kier alpha value is -1.94. The Morgan fingerprint density at radius 2 is 1.83 bits per heavy atom. The molecular weight excluding hydrogens is 244 g/mol. The van der Waals surface area contributed by atoms with Crippen LogP contribution in [0.25, 0.3) is 21.6 Å². The lowest BCUT2D eigenvalue weighted by Gasteiger charge is -2.08. The molecule has 0 aliphatic rings. The van der Waals surface area contributed by atoms with Gasteiger partial charge in [-0.1, -0.05) is 18.2 Å². The minimum atomic E-state index is 0.589. The number of ether oxygens (including phenoxy) is 1. The third-order valence-electron chi connectivity index (χ3n) is 2.57. The van der Waals surface area contributed by atoms with Crippen LogP contribution in [0.5, 0.6) is 5.88 Å². The molecule has 0 bridgehead atoms. The van der Waals surface area contributed by atoms with Gasteiger partial charge in [-0.05, 0) is 30.5 Å². The van der Waals surface area contributed by atoms with Crippen molar-refractivity contribution in [3.8, 4) is 16.5 Å². The van der Waals surface area contributed by atoms with Gasteiger partial charge in [-0.3, -0.25) is 0 Å².